The highest BCUT2D eigenvalue weighted by atomic mass is 19.1. The lowest BCUT2D eigenvalue weighted by Crippen LogP contribution is -2.54. The molecule has 1 aromatic heterocycles. The number of urea groups is 1. The highest BCUT2D eigenvalue weighted by Gasteiger charge is 2.37. The van der Waals surface area contributed by atoms with Crippen molar-refractivity contribution in [2.75, 3.05) is 4.90 Å². The summed E-state index contributed by atoms with van der Waals surface area (Å²) in [7, 11) is 0. The molecule has 0 unspecified atom stereocenters. The zero-order valence-corrected chi connectivity index (χ0v) is 18.5. The van der Waals surface area contributed by atoms with E-state index in [0.717, 1.165) is 44.9 Å². The molecule has 1 fully saturated rings. The van der Waals surface area contributed by atoms with Gasteiger partial charge in [0, 0.05) is 17.1 Å². The van der Waals surface area contributed by atoms with Crippen molar-refractivity contribution < 1.29 is 18.8 Å². The Morgan fingerprint density at radius 1 is 0.824 bits per heavy atom. The van der Waals surface area contributed by atoms with Gasteiger partial charge in [0.15, 0.2) is 0 Å². The third kappa shape index (κ3) is 3.57. The predicted molar refractivity (Wildman–Crippen MR) is 128 cm³/mol. The van der Waals surface area contributed by atoms with E-state index in [2.05, 4.69) is 11.4 Å². The average Bonchev–Trinajstić information content (AvgIpc) is 3.10. The molecular formula is C27H20FN3O3. The number of carbonyl (C=O) groups excluding carboxylic acids is 3. The van der Waals surface area contributed by atoms with Gasteiger partial charge in [0.1, 0.15) is 11.4 Å². The molecule has 4 aromatic rings. The van der Waals surface area contributed by atoms with Crippen molar-refractivity contribution in [3.05, 3.63) is 101 Å². The first-order valence-corrected chi connectivity index (χ1v) is 10.7. The molecule has 0 radical (unpaired) electrons. The average molecular weight is 453 g/mol. The maximum absolute atomic E-state index is 13.3. The zero-order chi connectivity index (χ0) is 24.0. The number of carbonyl (C=O) groups is 3. The minimum atomic E-state index is -0.875. The maximum Gasteiger partial charge on any atom is 0.335 e. The van der Waals surface area contributed by atoms with Crippen molar-refractivity contribution in [3.63, 3.8) is 0 Å². The monoisotopic (exact) mass is 453 g/mol. The molecule has 3 aromatic carbocycles. The number of nitrogens with zero attached hydrogens (tertiary/aromatic N) is 2. The van der Waals surface area contributed by atoms with Crippen LogP contribution in [0, 0.1) is 19.7 Å². The standard InChI is InChI=1S/C27H20FN3O3/c1-16-13-20(17(2)30(16)23-10-7-18-5-3-4-6-19(18)14-23)15-24-25(32)29-27(34)31(26(24)33)22-11-8-21(28)9-12-22/h3-15H,1-2H3,(H,29,32,34)/b24-15-. The normalized spacial score (nSPS) is 15.3. The van der Waals surface area contributed by atoms with Crippen LogP contribution in [0.2, 0.25) is 0 Å². The van der Waals surface area contributed by atoms with Gasteiger partial charge in [0.05, 0.1) is 5.69 Å². The van der Waals surface area contributed by atoms with Crippen LogP contribution in [0.1, 0.15) is 17.0 Å². The number of amides is 4. The Balaban J connectivity index is 1.56. The summed E-state index contributed by atoms with van der Waals surface area (Å²) >= 11 is 0. The van der Waals surface area contributed by atoms with Crippen LogP contribution >= 0.6 is 0 Å². The Bertz CT molecular complexity index is 1520. The number of aryl methyl sites for hydroxylation is 1. The lowest BCUT2D eigenvalue weighted by atomic mass is 10.1. The van der Waals surface area contributed by atoms with Crippen LogP contribution in [0.3, 0.4) is 0 Å². The smallest absolute Gasteiger partial charge is 0.318 e. The van der Waals surface area contributed by atoms with E-state index in [1.54, 1.807) is 0 Å². The highest BCUT2D eigenvalue weighted by molar-refractivity contribution is 6.39. The van der Waals surface area contributed by atoms with E-state index in [1.165, 1.54) is 18.2 Å². The number of halogens is 1. The molecule has 1 N–H and O–H groups in total. The molecule has 1 aliphatic rings. The quantitative estimate of drug-likeness (QED) is 0.348. The first kappa shape index (κ1) is 21.3. The van der Waals surface area contributed by atoms with E-state index in [1.807, 2.05) is 60.9 Å². The Hall–Kier alpha value is -4.52. The van der Waals surface area contributed by atoms with Gasteiger partial charge in [-0.15, -0.1) is 0 Å². The van der Waals surface area contributed by atoms with Crippen molar-refractivity contribution in [1.82, 2.24) is 9.88 Å². The molecule has 34 heavy (non-hydrogen) atoms. The Morgan fingerprint density at radius 2 is 1.50 bits per heavy atom. The Kier molecular flexibility index (Phi) is 5.09. The lowest BCUT2D eigenvalue weighted by Gasteiger charge is -2.26. The second-order valence-electron chi connectivity index (χ2n) is 8.13. The number of hydrogen-bond acceptors (Lipinski definition) is 3. The fourth-order valence-corrected chi connectivity index (χ4v) is 4.28. The van der Waals surface area contributed by atoms with Crippen LogP contribution in [0.25, 0.3) is 22.5 Å². The first-order chi connectivity index (χ1) is 16.3. The molecule has 0 bridgehead atoms. The predicted octanol–water partition coefficient (Wildman–Crippen LogP) is 5.05. The van der Waals surface area contributed by atoms with Crippen LogP contribution in [0.4, 0.5) is 14.9 Å². The molecule has 4 amide bonds. The summed E-state index contributed by atoms with van der Waals surface area (Å²) in [6.07, 6.45) is 1.49. The Morgan fingerprint density at radius 3 is 2.24 bits per heavy atom. The van der Waals surface area contributed by atoms with Crippen LogP contribution in [0.5, 0.6) is 0 Å². The second-order valence-corrected chi connectivity index (χ2v) is 8.13. The SMILES string of the molecule is Cc1cc(/C=C2/C(=O)NC(=O)N(c3ccc(F)cc3)C2=O)c(C)n1-c1ccc2ccccc2c1. The van der Waals surface area contributed by atoms with Gasteiger partial charge in [-0.2, -0.15) is 0 Å². The second kappa shape index (κ2) is 8.12. The number of aromatic nitrogens is 1. The largest absolute Gasteiger partial charge is 0.335 e. The summed E-state index contributed by atoms with van der Waals surface area (Å²) in [5.74, 6) is -2.04. The van der Waals surface area contributed by atoms with Crippen molar-refractivity contribution >= 4 is 40.4 Å². The van der Waals surface area contributed by atoms with Gasteiger partial charge in [-0.3, -0.25) is 14.9 Å². The Labute approximate surface area is 194 Å². The number of fused-ring (bicyclic) bond motifs is 1. The zero-order valence-electron chi connectivity index (χ0n) is 18.5. The maximum atomic E-state index is 13.3. The van der Waals surface area contributed by atoms with Gasteiger partial charge in [0.25, 0.3) is 11.8 Å². The van der Waals surface area contributed by atoms with Crippen molar-refractivity contribution in [2.24, 2.45) is 0 Å². The topological polar surface area (TPSA) is 71.4 Å². The highest BCUT2D eigenvalue weighted by Crippen LogP contribution is 2.27. The van der Waals surface area contributed by atoms with E-state index in [0.29, 0.717) is 5.56 Å². The molecule has 6 nitrogen and oxygen atoms in total. The summed E-state index contributed by atoms with van der Waals surface area (Å²) in [6, 6.07) is 20.1. The number of hydrogen-bond donors (Lipinski definition) is 1. The van der Waals surface area contributed by atoms with Crippen LogP contribution in [-0.2, 0) is 9.59 Å². The van der Waals surface area contributed by atoms with Gasteiger partial charge >= 0.3 is 6.03 Å². The summed E-state index contributed by atoms with van der Waals surface area (Å²) < 4.78 is 15.4. The van der Waals surface area contributed by atoms with E-state index in [-0.39, 0.29) is 11.3 Å². The number of rotatable bonds is 3. The third-order valence-electron chi connectivity index (χ3n) is 5.95. The van der Waals surface area contributed by atoms with Gasteiger partial charge < -0.3 is 4.57 Å². The van der Waals surface area contributed by atoms with Crippen molar-refractivity contribution in [2.45, 2.75) is 13.8 Å². The number of nitrogens with one attached hydrogen (secondary N) is 1. The summed E-state index contributed by atoms with van der Waals surface area (Å²) in [6.45, 7) is 3.85. The summed E-state index contributed by atoms with van der Waals surface area (Å²) in [5.41, 5.74) is 3.39. The molecule has 2 heterocycles. The molecule has 7 heteroatoms. The van der Waals surface area contributed by atoms with Crippen LogP contribution < -0.4 is 10.2 Å². The molecule has 5 rings (SSSR count). The first-order valence-electron chi connectivity index (χ1n) is 10.7. The van der Waals surface area contributed by atoms with E-state index in [9.17, 15) is 18.8 Å². The van der Waals surface area contributed by atoms with Crippen molar-refractivity contribution in [3.8, 4) is 5.69 Å². The van der Waals surface area contributed by atoms with Gasteiger partial charge in [-0.1, -0.05) is 30.3 Å². The number of benzene rings is 3. The summed E-state index contributed by atoms with van der Waals surface area (Å²) in [5, 5.41) is 4.42. The number of barbiturate groups is 1. The molecule has 0 atom stereocenters. The molecule has 0 spiro atoms. The van der Waals surface area contributed by atoms with Crippen LogP contribution in [-0.4, -0.2) is 22.4 Å². The summed E-state index contributed by atoms with van der Waals surface area (Å²) in [4.78, 5) is 38.9. The van der Waals surface area contributed by atoms with Gasteiger partial charge in [0.2, 0.25) is 0 Å². The van der Waals surface area contributed by atoms with E-state index in [4.69, 9.17) is 0 Å². The molecule has 0 aliphatic carbocycles. The fraction of sp³-hybridized carbons (Fsp3) is 0.0741. The minimum absolute atomic E-state index is 0.170. The van der Waals surface area contributed by atoms with Gasteiger partial charge in [-0.25, -0.2) is 14.1 Å². The number of imide groups is 2. The van der Waals surface area contributed by atoms with Gasteiger partial charge in [-0.05, 0) is 78.7 Å². The molecular weight excluding hydrogens is 433 g/mol. The van der Waals surface area contributed by atoms with Crippen LogP contribution in [0.15, 0.2) is 78.4 Å². The minimum Gasteiger partial charge on any atom is -0.318 e. The number of anilines is 1. The molecule has 1 aliphatic heterocycles. The van der Waals surface area contributed by atoms with E-state index >= 15 is 0 Å². The third-order valence-corrected chi connectivity index (χ3v) is 5.95. The fourth-order valence-electron chi connectivity index (χ4n) is 4.28. The molecule has 168 valence electrons. The van der Waals surface area contributed by atoms with E-state index < -0.39 is 23.7 Å². The molecule has 1 saturated heterocycles. The molecule has 0 saturated carbocycles. The van der Waals surface area contributed by atoms with Crippen molar-refractivity contribution in [1.29, 1.82) is 0 Å². The lowest BCUT2D eigenvalue weighted by molar-refractivity contribution is -0.122.